The van der Waals surface area contributed by atoms with Gasteiger partial charge in [0.05, 0.1) is 15.9 Å². The molecule has 0 amide bonds. The molecule has 10 heteroatoms. The molecular formula is C19H20FN3O4S2. The molecule has 1 saturated heterocycles. The van der Waals surface area contributed by atoms with Gasteiger partial charge in [-0.05, 0) is 43.0 Å². The standard InChI is InChI=1S/C19H20FN3O4S2/c20-15-5-3-4-14-16(8-11-28-19(14)15)21-17-7-6-13(12-18(17)23(24)25)29(26,27)22-9-1-2-10-22/h3-7,12,16,21H,1-2,8-11H2. The number of fused-ring (bicyclic) bond motifs is 1. The van der Waals surface area contributed by atoms with Crippen molar-refractivity contribution in [3.05, 3.63) is 57.9 Å². The number of anilines is 1. The lowest BCUT2D eigenvalue weighted by molar-refractivity contribution is -0.384. The number of nitrogens with one attached hydrogen (secondary N) is 1. The van der Waals surface area contributed by atoms with E-state index in [-0.39, 0.29) is 28.1 Å². The van der Waals surface area contributed by atoms with Crippen LogP contribution in [0.3, 0.4) is 0 Å². The predicted molar refractivity (Wildman–Crippen MR) is 109 cm³/mol. The minimum Gasteiger partial charge on any atom is -0.373 e. The molecule has 0 saturated carbocycles. The van der Waals surface area contributed by atoms with Crippen molar-refractivity contribution in [2.24, 2.45) is 0 Å². The average molecular weight is 438 g/mol. The van der Waals surface area contributed by atoms with E-state index in [1.54, 1.807) is 12.1 Å². The summed E-state index contributed by atoms with van der Waals surface area (Å²) in [5, 5.41) is 14.8. The van der Waals surface area contributed by atoms with Gasteiger partial charge >= 0.3 is 0 Å². The van der Waals surface area contributed by atoms with Crippen molar-refractivity contribution in [2.45, 2.75) is 35.1 Å². The first-order chi connectivity index (χ1) is 13.9. The Kier molecular flexibility index (Phi) is 5.50. The van der Waals surface area contributed by atoms with Crippen LogP contribution in [-0.4, -0.2) is 36.5 Å². The lowest BCUT2D eigenvalue weighted by Gasteiger charge is -2.27. The molecule has 0 aliphatic carbocycles. The molecule has 2 heterocycles. The summed E-state index contributed by atoms with van der Waals surface area (Å²) < 4.78 is 41.0. The van der Waals surface area contributed by atoms with Crippen molar-refractivity contribution < 1.29 is 17.7 Å². The van der Waals surface area contributed by atoms with Crippen LogP contribution in [0.1, 0.15) is 30.9 Å². The predicted octanol–water partition coefficient (Wildman–Crippen LogP) is 4.17. The van der Waals surface area contributed by atoms with Gasteiger partial charge < -0.3 is 5.32 Å². The van der Waals surface area contributed by atoms with Crippen LogP contribution < -0.4 is 5.32 Å². The lowest BCUT2D eigenvalue weighted by Crippen LogP contribution is -2.28. The molecule has 1 fully saturated rings. The van der Waals surface area contributed by atoms with E-state index in [1.165, 1.54) is 34.3 Å². The number of thioether (sulfide) groups is 1. The maximum atomic E-state index is 14.1. The van der Waals surface area contributed by atoms with E-state index >= 15 is 0 Å². The highest BCUT2D eigenvalue weighted by Gasteiger charge is 2.30. The second kappa shape index (κ2) is 7.92. The molecule has 154 valence electrons. The minimum atomic E-state index is -3.75. The highest BCUT2D eigenvalue weighted by molar-refractivity contribution is 7.99. The van der Waals surface area contributed by atoms with Gasteiger partial charge in [0.25, 0.3) is 5.69 Å². The fourth-order valence-corrected chi connectivity index (χ4v) is 6.42. The molecule has 0 spiro atoms. The van der Waals surface area contributed by atoms with E-state index in [2.05, 4.69) is 5.32 Å². The Balaban J connectivity index is 1.67. The third-order valence-corrected chi connectivity index (χ3v) is 8.28. The zero-order valence-electron chi connectivity index (χ0n) is 15.5. The van der Waals surface area contributed by atoms with Gasteiger partial charge in [-0.15, -0.1) is 11.8 Å². The normalized spacial score (nSPS) is 19.7. The molecule has 2 aromatic carbocycles. The van der Waals surface area contributed by atoms with Gasteiger partial charge in [0.1, 0.15) is 11.5 Å². The highest BCUT2D eigenvalue weighted by atomic mass is 32.2. The lowest BCUT2D eigenvalue weighted by atomic mass is 10.0. The third-order valence-electron chi connectivity index (χ3n) is 5.22. The number of sulfonamides is 1. The Hall–Kier alpha value is -2.17. The summed E-state index contributed by atoms with van der Waals surface area (Å²) in [4.78, 5) is 11.5. The molecule has 0 radical (unpaired) electrons. The molecule has 29 heavy (non-hydrogen) atoms. The zero-order chi connectivity index (χ0) is 20.6. The van der Waals surface area contributed by atoms with Crippen LogP contribution in [0.5, 0.6) is 0 Å². The first-order valence-electron chi connectivity index (χ1n) is 9.34. The van der Waals surface area contributed by atoms with Gasteiger partial charge in [0.15, 0.2) is 0 Å². The smallest absolute Gasteiger partial charge is 0.293 e. The quantitative estimate of drug-likeness (QED) is 0.558. The number of hydrogen-bond donors (Lipinski definition) is 1. The number of nitrogens with zero attached hydrogens (tertiary/aromatic N) is 2. The zero-order valence-corrected chi connectivity index (χ0v) is 17.1. The molecule has 1 N–H and O–H groups in total. The minimum absolute atomic E-state index is 0.0812. The van der Waals surface area contributed by atoms with Gasteiger partial charge in [0.2, 0.25) is 10.0 Å². The van der Waals surface area contributed by atoms with Crippen molar-refractivity contribution in [3.8, 4) is 0 Å². The summed E-state index contributed by atoms with van der Waals surface area (Å²) in [7, 11) is -3.75. The summed E-state index contributed by atoms with van der Waals surface area (Å²) in [5.74, 6) is 0.376. The maximum absolute atomic E-state index is 14.1. The van der Waals surface area contributed by atoms with E-state index < -0.39 is 14.9 Å². The van der Waals surface area contributed by atoms with E-state index in [4.69, 9.17) is 0 Å². The van der Waals surface area contributed by atoms with Crippen LogP contribution in [0.2, 0.25) is 0 Å². The van der Waals surface area contributed by atoms with Crippen molar-refractivity contribution >= 4 is 33.2 Å². The topological polar surface area (TPSA) is 92.5 Å². The van der Waals surface area contributed by atoms with Crippen molar-refractivity contribution in [3.63, 3.8) is 0 Å². The molecule has 1 atom stereocenters. The van der Waals surface area contributed by atoms with Crippen LogP contribution in [0.15, 0.2) is 46.2 Å². The fourth-order valence-electron chi connectivity index (χ4n) is 3.75. The fraction of sp³-hybridized carbons (Fsp3) is 0.368. The number of nitro groups is 1. The third kappa shape index (κ3) is 3.84. The van der Waals surface area contributed by atoms with Gasteiger partial charge in [-0.3, -0.25) is 10.1 Å². The Labute approximate surface area is 172 Å². The summed E-state index contributed by atoms with van der Waals surface area (Å²) >= 11 is 1.43. The molecule has 2 aliphatic heterocycles. The van der Waals surface area contributed by atoms with Gasteiger partial charge in [0, 0.05) is 29.8 Å². The van der Waals surface area contributed by atoms with E-state index in [9.17, 15) is 22.9 Å². The number of rotatable bonds is 5. The molecule has 0 bridgehead atoms. The first kappa shape index (κ1) is 20.1. The average Bonchev–Trinajstić information content (AvgIpc) is 3.24. The van der Waals surface area contributed by atoms with Crippen molar-refractivity contribution in [1.82, 2.24) is 4.31 Å². The highest BCUT2D eigenvalue weighted by Crippen LogP contribution is 2.41. The van der Waals surface area contributed by atoms with E-state index in [1.807, 2.05) is 0 Å². The summed E-state index contributed by atoms with van der Waals surface area (Å²) in [5.41, 5.74) is 0.674. The monoisotopic (exact) mass is 437 g/mol. The van der Waals surface area contributed by atoms with Gasteiger partial charge in [-0.1, -0.05) is 12.1 Å². The van der Waals surface area contributed by atoms with Gasteiger partial charge in [-0.25, -0.2) is 12.8 Å². The van der Waals surface area contributed by atoms with Crippen LogP contribution in [0.4, 0.5) is 15.8 Å². The summed E-state index contributed by atoms with van der Waals surface area (Å²) in [6.07, 6.45) is 2.25. The largest absolute Gasteiger partial charge is 0.373 e. The number of nitro benzene ring substituents is 1. The molecule has 2 aliphatic rings. The maximum Gasteiger partial charge on any atom is 0.293 e. The first-order valence-corrected chi connectivity index (χ1v) is 11.8. The Morgan fingerprint density at radius 3 is 2.69 bits per heavy atom. The van der Waals surface area contributed by atoms with E-state index in [0.29, 0.717) is 30.2 Å². The van der Waals surface area contributed by atoms with Crippen LogP contribution in [0.25, 0.3) is 0 Å². The van der Waals surface area contributed by atoms with E-state index in [0.717, 1.165) is 24.5 Å². The molecular weight excluding hydrogens is 417 g/mol. The molecule has 7 nitrogen and oxygen atoms in total. The molecule has 2 aromatic rings. The second-order valence-electron chi connectivity index (χ2n) is 7.04. The Bertz CT molecular complexity index is 1060. The molecule has 4 rings (SSSR count). The SMILES string of the molecule is O=[N+]([O-])c1cc(S(=O)(=O)N2CCCC2)ccc1NC1CCSc2c(F)cccc21. The summed E-state index contributed by atoms with van der Waals surface area (Å²) in [6.45, 7) is 0.858. The summed E-state index contributed by atoms with van der Waals surface area (Å²) in [6, 6.07) is 8.47. The van der Waals surface area contributed by atoms with Crippen LogP contribution in [-0.2, 0) is 10.0 Å². The van der Waals surface area contributed by atoms with Gasteiger partial charge in [-0.2, -0.15) is 4.31 Å². The second-order valence-corrected chi connectivity index (χ2v) is 10.1. The van der Waals surface area contributed by atoms with Crippen LogP contribution >= 0.6 is 11.8 Å². The van der Waals surface area contributed by atoms with Crippen molar-refractivity contribution in [1.29, 1.82) is 0 Å². The van der Waals surface area contributed by atoms with Crippen LogP contribution in [0, 0.1) is 15.9 Å². The molecule has 0 aromatic heterocycles. The number of benzene rings is 2. The number of halogens is 1. The molecule has 1 unspecified atom stereocenters. The number of hydrogen-bond acceptors (Lipinski definition) is 6. The van der Waals surface area contributed by atoms with Crippen molar-refractivity contribution in [2.75, 3.05) is 24.2 Å². The Morgan fingerprint density at radius 1 is 1.21 bits per heavy atom. The Morgan fingerprint density at radius 2 is 1.97 bits per heavy atom.